The largest absolute Gasteiger partial charge is 0.334 e. The van der Waals surface area contributed by atoms with Gasteiger partial charge in [0.2, 0.25) is 0 Å². The molecule has 0 radical (unpaired) electrons. The topological polar surface area (TPSA) is 96.0 Å². The van der Waals surface area contributed by atoms with Gasteiger partial charge in [0.05, 0.1) is 11.0 Å². The van der Waals surface area contributed by atoms with Gasteiger partial charge in [-0.3, -0.25) is 14.9 Å². The van der Waals surface area contributed by atoms with E-state index < -0.39 is 16.4 Å². The minimum absolute atomic E-state index is 0.0858. The zero-order valence-corrected chi connectivity index (χ0v) is 11.9. The first-order chi connectivity index (χ1) is 9.97. The second-order valence-corrected chi connectivity index (χ2v) is 5.47. The number of carbonyl (C=O) groups is 1. The Kier molecular flexibility index (Phi) is 4.22. The number of carbonyl (C=O) groups excluding carboxylic acids is 1. The van der Waals surface area contributed by atoms with Crippen molar-refractivity contribution in [1.82, 2.24) is 5.32 Å². The predicted molar refractivity (Wildman–Crippen MR) is 76.7 cm³/mol. The molecule has 1 aromatic rings. The Labute approximate surface area is 122 Å². The number of nitro groups is 1. The summed E-state index contributed by atoms with van der Waals surface area (Å²) in [6.45, 7) is 1.62. The van der Waals surface area contributed by atoms with E-state index in [9.17, 15) is 20.2 Å². The van der Waals surface area contributed by atoms with Crippen LogP contribution in [0.1, 0.15) is 48.0 Å². The summed E-state index contributed by atoms with van der Waals surface area (Å²) in [5.74, 6) is -0.429. The minimum Gasteiger partial charge on any atom is -0.334 e. The quantitative estimate of drug-likeness (QED) is 0.682. The van der Waals surface area contributed by atoms with Gasteiger partial charge in [-0.25, -0.2) is 0 Å². The van der Waals surface area contributed by atoms with Crippen LogP contribution in [-0.4, -0.2) is 16.4 Å². The van der Waals surface area contributed by atoms with Crippen molar-refractivity contribution in [2.75, 3.05) is 0 Å². The van der Waals surface area contributed by atoms with E-state index in [0.29, 0.717) is 18.4 Å². The van der Waals surface area contributed by atoms with Gasteiger partial charge in [0, 0.05) is 17.2 Å². The lowest BCUT2D eigenvalue weighted by Gasteiger charge is -2.31. The lowest BCUT2D eigenvalue weighted by Crippen LogP contribution is -2.48. The molecule has 2 rings (SSSR count). The second kappa shape index (κ2) is 5.92. The number of rotatable bonds is 3. The molecule has 1 aliphatic carbocycles. The van der Waals surface area contributed by atoms with Crippen molar-refractivity contribution in [2.45, 2.75) is 44.6 Å². The first kappa shape index (κ1) is 15.0. The van der Waals surface area contributed by atoms with Crippen molar-refractivity contribution in [3.05, 3.63) is 39.4 Å². The van der Waals surface area contributed by atoms with Crippen LogP contribution in [0.2, 0.25) is 0 Å². The van der Waals surface area contributed by atoms with Crippen LogP contribution in [0.15, 0.2) is 18.2 Å². The summed E-state index contributed by atoms with van der Waals surface area (Å²) in [6, 6.07) is 6.56. The maximum Gasteiger partial charge on any atom is 0.273 e. The molecule has 21 heavy (non-hydrogen) atoms. The van der Waals surface area contributed by atoms with Gasteiger partial charge in [-0.15, -0.1) is 0 Å². The van der Waals surface area contributed by atoms with Crippen LogP contribution in [0.3, 0.4) is 0 Å². The summed E-state index contributed by atoms with van der Waals surface area (Å²) in [5.41, 5.74) is -0.205. The third-order valence-corrected chi connectivity index (χ3v) is 3.94. The van der Waals surface area contributed by atoms with Gasteiger partial charge in [-0.2, -0.15) is 5.26 Å². The van der Waals surface area contributed by atoms with Gasteiger partial charge in [-0.1, -0.05) is 25.3 Å². The van der Waals surface area contributed by atoms with Crippen molar-refractivity contribution < 1.29 is 9.72 Å². The van der Waals surface area contributed by atoms with E-state index in [1.807, 2.05) is 0 Å². The molecule has 0 aliphatic heterocycles. The molecule has 1 aliphatic rings. The van der Waals surface area contributed by atoms with Crippen LogP contribution in [0.4, 0.5) is 5.69 Å². The van der Waals surface area contributed by atoms with Crippen LogP contribution in [0.5, 0.6) is 0 Å². The molecule has 6 nitrogen and oxygen atoms in total. The summed E-state index contributed by atoms with van der Waals surface area (Å²) < 4.78 is 0. The number of nitro benzene ring substituents is 1. The molecule has 0 atom stereocenters. The van der Waals surface area contributed by atoms with E-state index in [0.717, 1.165) is 19.3 Å². The highest BCUT2D eigenvalue weighted by Crippen LogP contribution is 2.28. The molecule has 0 unspecified atom stereocenters. The molecule has 1 N–H and O–H groups in total. The second-order valence-electron chi connectivity index (χ2n) is 5.47. The molecule has 0 saturated heterocycles. The number of nitriles is 1. The highest BCUT2D eigenvalue weighted by Gasteiger charge is 2.34. The third kappa shape index (κ3) is 3.19. The Bertz CT molecular complexity index is 613. The van der Waals surface area contributed by atoms with Crippen LogP contribution >= 0.6 is 0 Å². The Morgan fingerprint density at radius 1 is 1.38 bits per heavy atom. The van der Waals surface area contributed by atoms with E-state index in [1.54, 1.807) is 19.1 Å². The zero-order valence-electron chi connectivity index (χ0n) is 11.9. The van der Waals surface area contributed by atoms with Crippen molar-refractivity contribution >= 4 is 11.6 Å². The molecule has 1 amide bonds. The average Bonchev–Trinajstić information content (AvgIpc) is 2.48. The fraction of sp³-hybridized carbons (Fsp3) is 0.467. The first-order valence-corrected chi connectivity index (χ1v) is 6.96. The lowest BCUT2D eigenvalue weighted by molar-refractivity contribution is -0.385. The highest BCUT2D eigenvalue weighted by atomic mass is 16.6. The number of hydrogen-bond donors (Lipinski definition) is 1. The van der Waals surface area contributed by atoms with Crippen molar-refractivity contribution in [2.24, 2.45) is 0 Å². The van der Waals surface area contributed by atoms with Crippen molar-refractivity contribution in [3.8, 4) is 6.07 Å². The van der Waals surface area contributed by atoms with Crippen molar-refractivity contribution in [1.29, 1.82) is 5.26 Å². The normalized spacial score (nSPS) is 16.8. The van der Waals surface area contributed by atoms with Gasteiger partial charge in [-0.05, 0) is 25.8 Å². The summed E-state index contributed by atoms with van der Waals surface area (Å²) in [4.78, 5) is 22.7. The van der Waals surface area contributed by atoms with E-state index in [1.165, 1.54) is 6.07 Å². The van der Waals surface area contributed by atoms with Gasteiger partial charge in [0.25, 0.3) is 11.6 Å². The number of aryl methyl sites for hydroxylation is 1. The van der Waals surface area contributed by atoms with E-state index >= 15 is 0 Å². The van der Waals surface area contributed by atoms with Crippen molar-refractivity contribution in [3.63, 3.8) is 0 Å². The fourth-order valence-electron chi connectivity index (χ4n) is 2.66. The van der Waals surface area contributed by atoms with Crippen LogP contribution in [0.25, 0.3) is 0 Å². The Morgan fingerprint density at radius 3 is 2.62 bits per heavy atom. The van der Waals surface area contributed by atoms with Crippen LogP contribution in [0, 0.1) is 28.4 Å². The summed E-state index contributed by atoms with van der Waals surface area (Å²) in [5, 5.41) is 23.0. The monoisotopic (exact) mass is 287 g/mol. The molecule has 0 bridgehead atoms. The Morgan fingerprint density at radius 2 is 2.05 bits per heavy atom. The van der Waals surface area contributed by atoms with Crippen LogP contribution < -0.4 is 5.32 Å². The van der Waals surface area contributed by atoms with E-state index in [-0.39, 0.29) is 11.3 Å². The molecule has 110 valence electrons. The maximum atomic E-state index is 12.3. The lowest BCUT2D eigenvalue weighted by atomic mass is 9.82. The van der Waals surface area contributed by atoms with Gasteiger partial charge >= 0.3 is 0 Å². The molecule has 1 saturated carbocycles. The maximum absolute atomic E-state index is 12.3. The fourth-order valence-corrected chi connectivity index (χ4v) is 2.66. The number of hydrogen-bond acceptors (Lipinski definition) is 4. The van der Waals surface area contributed by atoms with Gasteiger partial charge in [0.1, 0.15) is 5.54 Å². The standard InChI is InChI=1S/C15H17N3O3/c1-11-5-6-12(9-13(11)18(20)21)14(19)17-15(10-16)7-3-2-4-8-15/h5-6,9H,2-4,7-8H2,1H3,(H,17,19). The summed E-state index contributed by atoms with van der Waals surface area (Å²) in [6.07, 6.45) is 4.13. The Hall–Kier alpha value is -2.42. The number of benzene rings is 1. The van der Waals surface area contributed by atoms with Crippen LogP contribution in [-0.2, 0) is 0 Å². The molecule has 0 heterocycles. The molecule has 1 fully saturated rings. The third-order valence-electron chi connectivity index (χ3n) is 3.94. The highest BCUT2D eigenvalue weighted by molar-refractivity contribution is 5.95. The Balaban J connectivity index is 2.22. The minimum atomic E-state index is -0.838. The molecule has 0 aromatic heterocycles. The molecule has 1 aromatic carbocycles. The average molecular weight is 287 g/mol. The van der Waals surface area contributed by atoms with E-state index in [4.69, 9.17) is 0 Å². The number of nitrogens with one attached hydrogen (secondary N) is 1. The molecule has 0 spiro atoms. The number of nitrogens with zero attached hydrogens (tertiary/aromatic N) is 2. The molecular formula is C15H17N3O3. The summed E-state index contributed by atoms with van der Waals surface area (Å²) in [7, 11) is 0. The predicted octanol–water partition coefficient (Wildman–Crippen LogP) is 2.86. The summed E-state index contributed by atoms with van der Waals surface area (Å²) >= 11 is 0. The zero-order chi connectivity index (χ0) is 15.5. The molecular weight excluding hydrogens is 270 g/mol. The molecule has 6 heteroatoms. The van der Waals surface area contributed by atoms with Gasteiger partial charge < -0.3 is 5.32 Å². The van der Waals surface area contributed by atoms with Gasteiger partial charge in [0.15, 0.2) is 0 Å². The van der Waals surface area contributed by atoms with E-state index in [2.05, 4.69) is 11.4 Å². The first-order valence-electron chi connectivity index (χ1n) is 6.96. The number of amides is 1. The smallest absolute Gasteiger partial charge is 0.273 e. The SMILES string of the molecule is Cc1ccc(C(=O)NC2(C#N)CCCCC2)cc1[N+](=O)[O-].